The number of hydrogen-bond donors (Lipinski definition) is 1. The van der Waals surface area contributed by atoms with E-state index in [-0.39, 0.29) is 30.0 Å². The number of anilines is 3. The van der Waals surface area contributed by atoms with E-state index < -0.39 is 4.87 Å². The largest absolute Gasteiger partial charge is 0.325 e. The molecule has 3 aromatic rings. The second-order valence-corrected chi connectivity index (χ2v) is 10.8. The van der Waals surface area contributed by atoms with Crippen LogP contribution in [0.5, 0.6) is 0 Å². The van der Waals surface area contributed by atoms with Crippen molar-refractivity contribution in [3.8, 4) is 0 Å². The van der Waals surface area contributed by atoms with E-state index in [2.05, 4.69) is 19.2 Å². The maximum Gasteiger partial charge on any atom is 0.269 e. The highest BCUT2D eigenvalue weighted by molar-refractivity contribution is 8.02. The van der Waals surface area contributed by atoms with Gasteiger partial charge in [0.25, 0.3) is 5.91 Å². The molecule has 3 aromatic carbocycles. The Hall–Kier alpha value is -3.58. The van der Waals surface area contributed by atoms with Crippen molar-refractivity contribution in [3.05, 3.63) is 89.0 Å². The smallest absolute Gasteiger partial charge is 0.269 e. The monoisotopic (exact) mass is 499 g/mol. The van der Waals surface area contributed by atoms with Gasteiger partial charge in [-0.05, 0) is 66.8 Å². The van der Waals surface area contributed by atoms with Crippen LogP contribution in [0.25, 0.3) is 0 Å². The van der Waals surface area contributed by atoms with Crippen LogP contribution in [0.2, 0.25) is 0 Å². The topological polar surface area (TPSA) is 69.7 Å². The normalized spacial score (nSPS) is 18.9. The van der Waals surface area contributed by atoms with Crippen LogP contribution in [-0.2, 0) is 19.3 Å². The first-order chi connectivity index (χ1) is 17.2. The zero-order chi connectivity index (χ0) is 25.6. The maximum absolute atomic E-state index is 14.1. The highest BCUT2D eigenvalue weighted by Gasteiger charge is 2.61. The van der Waals surface area contributed by atoms with Crippen LogP contribution < -0.4 is 15.1 Å². The third-order valence-electron chi connectivity index (χ3n) is 6.98. The second kappa shape index (κ2) is 9.13. The molecule has 7 heteroatoms. The summed E-state index contributed by atoms with van der Waals surface area (Å²) in [6, 6.07) is 21.0. The van der Waals surface area contributed by atoms with Gasteiger partial charge in [-0.15, -0.1) is 11.8 Å². The zero-order valence-corrected chi connectivity index (χ0v) is 21.7. The van der Waals surface area contributed by atoms with Crippen molar-refractivity contribution in [1.82, 2.24) is 0 Å². The van der Waals surface area contributed by atoms with Crippen LogP contribution in [0.15, 0.2) is 66.7 Å². The molecule has 0 unspecified atom stereocenters. The van der Waals surface area contributed by atoms with E-state index in [0.717, 1.165) is 16.7 Å². The van der Waals surface area contributed by atoms with Gasteiger partial charge >= 0.3 is 0 Å². The van der Waals surface area contributed by atoms with Crippen molar-refractivity contribution in [3.63, 3.8) is 0 Å². The first-order valence-electron chi connectivity index (χ1n) is 12.1. The molecule has 5 rings (SSSR count). The van der Waals surface area contributed by atoms with Crippen LogP contribution in [0.1, 0.15) is 42.0 Å². The fraction of sp³-hybridized carbons (Fsp3) is 0.276. The molecular formula is C29H29N3O3S. The number of rotatable bonds is 5. The number of thioether (sulfide) groups is 1. The Balaban J connectivity index is 1.47. The maximum atomic E-state index is 14.1. The molecule has 0 saturated carbocycles. The van der Waals surface area contributed by atoms with Gasteiger partial charge in [-0.2, -0.15) is 0 Å². The summed E-state index contributed by atoms with van der Waals surface area (Å²) < 4.78 is 0. The highest BCUT2D eigenvalue weighted by atomic mass is 32.2. The molecule has 0 radical (unpaired) electrons. The minimum Gasteiger partial charge on any atom is -0.325 e. The number of nitrogens with zero attached hydrogens (tertiary/aromatic N) is 2. The lowest BCUT2D eigenvalue weighted by atomic mass is 10.0. The standard InChI is InChI=1S/C29H29N3O3S/c1-18(2)21-10-12-22(13-11-21)30-26(33)16-31-25-8-6-5-7-24(25)29(28(31)35)32(27(34)17-36-29)23-14-9-19(3)20(4)15-23/h5-15,18H,16-17H2,1-4H3,(H,30,33)/t29-/m1/s1. The first kappa shape index (κ1) is 24.1. The summed E-state index contributed by atoms with van der Waals surface area (Å²) in [4.78, 5) is 42.2. The second-order valence-electron chi connectivity index (χ2n) is 9.66. The Bertz CT molecular complexity index is 1370. The summed E-state index contributed by atoms with van der Waals surface area (Å²) in [6.45, 7) is 8.11. The van der Waals surface area contributed by atoms with Crippen molar-refractivity contribution in [2.24, 2.45) is 0 Å². The Labute approximate surface area is 215 Å². The minimum absolute atomic E-state index is 0.122. The number of nitrogens with one attached hydrogen (secondary N) is 1. The van der Waals surface area contributed by atoms with Crippen molar-refractivity contribution in [2.75, 3.05) is 27.4 Å². The van der Waals surface area contributed by atoms with Crippen LogP contribution in [0.4, 0.5) is 17.1 Å². The van der Waals surface area contributed by atoms with Gasteiger partial charge in [0.15, 0.2) is 0 Å². The molecule has 1 spiro atoms. The number of aryl methyl sites for hydroxylation is 2. The fourth-order valence-electron chi connectivity index (χ4n) is 4.87. The SMILES string of the molecule is Cc1ccc(N2C(=O)CS[C@]23C(=O)N(CC(=O)Nc2ccc(C(C)C)cc2)c2ccccc23)cc1C. The third kappa shape index (κ3) is 3.88. The predicted molar refractivity (Wildman–Crippen MR) is 145 cm³/mol. The van der Waals surface area contributed by atoms with E-state index in [1.54, 1.807) is 4.90 Å². The number of carbonyl (C=O) groups is 3. The molecule has 0 aliphatic carbocycles. The Morgan fingerprint density at radius 3 is 2.42 bits per heavy atom. The van der Waals surface area contributed by atoms with Gasteiger partial charge in [0.05, 0.1) is 11.4 Å². The number of hydrogen-bond acceptors (Lipinski definition) is 4. The van der Waals surface area contributed by atoms with Crippen LogP contribution >= 0.6 is 11.8 Å². The van der Waals surface area contributed by atoms with Crippen molar-refractivity contribution in [2.45, 2.75) is 38.5 Å². The highest BCUT2D eigenvalue weighted by Crippen LogP contribution is 2.55. The quantitative estimate of drug-likeness (QED) is 0.514. The summed E-state index contributed by atoms with van der Waals surface area (Å²) in [7, 11) is 0. The average Bonchev–Trinajstić information content (AvgIpc) is 3.32. The van der Waals surface area contributed by atoms with E-state index in [1.807, 2.05) is 80.6 Å². The number of amides is 3. The molecule has 1 fully saturated rings. The van der Waals surface area contributed by atoms with Gasteiger partial charge < -0.3 is 5.32 Å². The minimum atomic E-state index is -1.23. The first-order valence-corrected chi connectivity index (χ1v) is 13.1. The Morgan fingerprint density at radius 2 is 1.72 bits per heavy atom. The van der Waals surface area contributed by atoms with Gasteiger partial charge in [-0.25, -0.2) is 0 Å². The summed E-state index contributed by atoms with van der Waals surface area (Å²) in [5, 5.41) is 2.91. The summed E-state index contributed by atoms with van der Waals surface area (Å²) >= 11 is 1.32. The molecule has 36 heavy (non-hydrogen) atoms. The molecule has 1 saturated heterocycles. The molecule has 2 aliphatic heterocycles. The molecular weight excluding hydrogens is 470 g/mol. The molecule has 1 N–H and O–H groups in total. The number of para-hydroxylation sites is 1. The van der Waals surface area contributed by atoms with Gasteiger partial charge in [0.2, 0.25) is 16.7 Å². The van der Waals surface area contributed by atoms with E-state index >= 15 is 0 Å². The number of fused-ring (bicyclic) bond motifs is 2. The summed E-state index contributed by atoms with van der Waals surface area (Å²) in [5.41, 5.74) is 6.11. The molecule has 0 aromatic heterocycles. The lowest BCUT2D eigenvalue weighted by Gasteiger charge is -2.33. The summed E-state index contributed by atoms with van der Waals surface area (Å²) in [6.07, 6.45) is 0. The van der Waals surface area contributed by atoms with E-state index in [4.69, 9.17) is 0 Å². The van der Waals surface area contributed by atoms with Gasteiger partial charge in [0.1, 0.15) is 6.54 Å². The van der Waals surface area contributed by atoms with Gasteiger partial charge in [-0.1, -0.05) is 50.2 Å². The number of carbonyl (C=O) groups excluding carboxylic acids is 3. The molecule has 3 amide bonds. The molecule has 2 heterocycles. The van der Waals surface area contributed by atoms with Crippen molar-refractivity contribution >= 4 is 46.5 Å². The molecule has 6 nitrogen and oxygen atoms in total. The lowest BCUT2D eigenvalue weighted by molar-refractivity contribution is -0.124. The zero-order valence-electron chi connectivity index (χ0n) is 20.9. The van der Waals surface area contributed by atoms with Crippen LogP contribution in [0.3, 0.4) is 0 Å². The van der Waals surface area contributed by atoms with Crippen LogP contribution in [-0.4, -0.2) is 30.0 Å². The lowest BCUT2D eigenvalue weighted by Crippen LogP contribution is -2.50. The van der Waals surface area contributed by atoms with E-state index in [0.29, 0.717) is 23.0 Å². The number of benzene rings is 3. The molecule has 184 valence electrons. The average molecular weight is 500 g/mol. The van der Waals surface area contributed by atoms with Gasteiger partial charge in [0, 0.05) is 16.9 Å². The van der Waals surface area contributed by atoms with Crippen molar-refractivity contribution in [1.29, 1.82) is 0 Å². The van der Waals surface area contributed by atoms with E-state index in [1.165, 1.54) is 22.2 Å². The molecule has 0 bridgehead atoms. The molecule has 2 aliphatic rings. The fourth-order valence-corrected chi connectivity index (χ4v) is 6.23. The summed E-state index contributed by atoms with van der Waals surface area (Å²) in [5.74, 6) is -0.1000. The Morgan fingerprint density at radius 1 is 1.00 bits per heavy atom. The van der Waals surface area contributed by atoms with Crippen molar-refractivity contribution < 1.29 is 14.4 Å². The van der Waals surface area contributed by atoms with Gasteiger partial charge in [-0.3, -0.25) is 24.2 Å². The third-order valence-corrected chi connectivity index (χ3v) is 8.36. The van der Waals surface area contributed by atoms with E-state index in [9.17, 15) is 14.4 Å². The Kier molecular flexibility index (Phi) is 6.12. The predicted octanol–water partition coefficient (Wildman–Crippen LogP) is 5.34. The van der Waals surface area contributed by atoms with Crippen LogP contribution in [0, 0.1) is 13.8 Å². The molecule has 1 atom stereocenters.